The Morgan fingerprint density at radius 2 is 1.87 bits per heavy atom. The first-order valence-electron chi connectivity index (χ1n) is 8.24. The summed E-state index contributed by atoms with van der Waals surface area (Å²) in [6, 6.07) is 8.07. The van der Waals surface area contributed by atoms with E-state index in [9.17, 15) is 4.79 Å². The van der Waals surface area contributed by atoms with Crippen molar-refractivity contribution in [2.24, 2.45) is 0 Å². The van der Waals surface area contributed by atoms with E-state index in [1.807, 2.05) is 24.0 Å². The third kappa shape index (κ3) is 5.32. The Morgan fingerprint density at radius 1 is 1.17 bits per heavy atom. The van der Waals surface area contributed by atoms with Gasteiger partial charge in [-0.25, -0.2) is 4.79 Å². The molecule has 0 spiro atoms. The molecule has 0 unspecified atom stereocenters. The molecular formula is C17H27N3O3. The van der Waals surface area contributed by atoms with Crippen LogP contribution in [0, 0.1) is 0 Å². The van der Waals surface area contributed by atoms with Crippen molar-refractivity contribution in [3.63, 3.8) is 0 Å². The van der Waals surface area contributed by atoms with Crippen molar-refractivity contribution < 1.29 is 14.3 Å². The molecule has 0 saturated carbocycles. The van der Waals surface area contributed by atoms with Crippen LogP contribution in [-0.4, -0.2) is 64.0 Å². The Morgan fingerprint density at radius 3 is 2.48 bits per heavy atom. The lowest BCUT2D eigenvalue weighted by molar-refractivity contribution is 0.143. The van der Waals surface area contributed by atoms with E-state index in [0.29, 0.717) is 13.2 Å². The van der Waals surface area contributed by atoms with Crippen molar-refractivity contribution in [3.8, 4) is 5.75 Å². The number of nitrogens with zero attached hydrogens (tertiary/aromatic N) is 2. The lowest BCUT2D eigenvalue weighted by Gasteiger charge is -2.36. The van der Waals surface area contributed by atoms with Crippen LogP contribution < -0.4 is 15.0 Å². The lowest BCUT2D eigenvalue weighted by atomic mass is 10.2. The topological polar surface area (TPSA) is 54.0 Å². The number of benzene rings is 1. The fraction of sp³-hybridized carbons (Fsp3) is 0.588. The zero-order valence-electron chi connectivity index (χ0n) is 14.1. The SMILES string of the molecule is CCOCCCNC(=O)N1CCN(c2ccc(OC)cc2)CC1. The van der Waals surface area contributed by atoms with Gasteiger partial charge in [0.15, 0.2) is 0 Å². The molecule has 1 fully saturated rings. The van der Waals surface area contributed by atoms with E-state index in [1.165, 1.54) is 5.69 Å². The summed E-state index contributed by atoms with van der Waals surface area (Å²) in [6.45, 7) is 7.23. The molecule has 1 saturated heterocycles. The number of rotatable bonds is 7. The number of amides is 2. The van der Waals surface area contributed by atoms with Gasteiger partial charge in [0.2, 0.25) is 0 Å². The van der Waals surface area contributed by atoms with Gasteiger partial charge in [-0.1, -0.05) is 0 Å². The van der Waals surface area contributed by atoms with E-state index < -0.39 is 0 Å². The van der Waals surface area contributed by atoms with Crippen LogP contribution in [0.4, 0.5) is 10.5 Å². The van der Waals surface area contributed by atoms with Crippen molar-refractivity contribution in [2.45, 2.75) is 13.3 Å². The Bertz CT molecular complexity index is 470. The maximum Gasteiger partial charge on any atom is 0.317 e. The normalized spacial score (nSPS) is 14.7. The minimum atomic E-state index is 0.0240. The monoisotopic (exact) mass is 321 g/mol. The van der Waals surface area contributed by atoms with Gasteiger partial charge in [0.1, 0.15) is 5.75 Å². The first kappa shape index (κ1) is 17.4. The summed E-state index contributed by atoms with van der Waals surface area (Å²) in [4.78, 5) is 16.3. The van der Waals surface area contributed by atoms with E-state index in [0.717, 1.165) is 45.0 Å². The smallest absolute Gasteiger partial charge is 0.317 e. The van der Waals surface area contributed by atoms with E-state index >= 15 is 0 Å². The zero-order chi connectivity index (χ0) is 16.5. The molecule has 6 heteroatoms. The predicted molar refractivity (Wildman–Crippen MR) is 91.3 cm³/mol. The number of hydrogen-bond acceptors (Lipinski definition) is 4. The van der Waals surface area contributed by atoms with Gasteiger partial charge in [0, 0.05) is 51.6 Å². The molecule has 1 aliphatic heterocycles. The summed E-state index contributed by atoms with van der Waals surface area (Å²) in [5.41, 5.74) is 1.17. The highest BCUT2D eigenvalue weighted by molar-refractivity contribution is 5.74. The number of carbonyl (C=O) groups excluding carboxylic acids is 1. The zero-order valence-corrected chi connectivity index (χ0v) is 14.1. The first-order chi connectivity index (χ1) is 11.2. The molecule has 23 heavy (non-hydrogen) atoms. The molecular weight excluding hydrogens is 294 g/mol. The summed E-state index contributed by atoms with van der Waals surface area (Å²) in [6.07, 6.45) is 0.853. The van der Waals surface area contributed by atoms with Crippen LogP contribution in [-0.2, 0) is 4.74 Å². The van der Waals surface area contributed by atoms with Crippen LogP contribution in [0.3, 0.4) is 0 Å². The Kier molecular flexibility index (Phi) is 7.00. The fourth-order valence-corrected chi connectivity index (χ4v) is 2.59. The number of urea groups is 1. The Hall–Kier alpha value is -1.95. The van der Waals surface area contributed by atoms with Gasteiger partial charge in [0.05, 0.1) is 7.11 Å². The molecule has 0 bridgehead atoms. The Balaban J connectivity index is 1.71. The molecule has 0 aliphatic carbocycles. The number of carbonyl (C=O) groups is 1. The van der Waals surface area contributed by atoms with Gasteiger partial charge >= 0.3 is 6.03 Å². The second-order valence-electron chi connectivity index (χ2n) is 5.45. The second kappa shape index (κ2) is 9.25. The maximum atomic E-state index is 12.1. The minimum absolute atomic E-state index is 0.0240. The van der Waals surface area contributed by atoms with Crippen LogP contribution in [0.5, 0.6) is 5.75 Å². The Labute approximate surface area is 138 Å². The largest absolute Gasteiger partial charge is 0.497 e. The highest BCUT2D eigenvalue weighted by atomic mass is 16.5. The maximum absolute atomic E-state index is 12.1. The van der Waals surface area contributed by atoms with Gasteiger partial charge in [-0.2, -0.15) is 0 Å². The first-order valence-corrected chi connectivity index (χ1v) is 8.24. The van der Waals surface area contributed by atoms with E-state index in [-0.39, 0.29) is 6.03 Å². The molecule has 0 atom stereocenters. The number of hydrogen-bond donors (Lipinski definition) is 1. The quantitative estimate of drug-likeness (QED) is 0.780. The summed E-state index contributed by atoms with van der Waals surface area (Å²) < 4.78 is 10.4. The van der Waals surface area contributed by atoms with E-state index in [1.54, 1.807) is 7.11 Å². The van der Waals surface area contributed by atoms with Crippen LogP contribution in [0.15, 0.2) is 24.3 Å². The average Bonchev–Trinajstić information content (AvgIpc) is 2.61. The van der Waals surface area contributed by atoms with Crippen LogP contribution in [0.1, 0.15) is 13.3 Å². The lowest BCUT2D eigenvalue weighted by Crippen LogP contribution is -2.52. The molecule has 128 valence electrons. The molecule has 1 aromatic carbocycles. The summed E-state index contributed by atoms with van der Waals surface area (Å²) >= 11 is 0. The van der Waals surface area contributed by atoms with Crippen molar-refractivity contribution in [3.05, 3.63) is 24.3 Å². The van der Waals surface area contributed by atoms with Crippen molar-refractivity contribution in [1.29, 1.82) is 0 Å². The third-order valence-corrected chi connectivity index (χ3v) is 3.95. The number of anilines is 1. The van der Waals surface area contributed by atoms with Crippen LogP contribution in [0.25, 0.3) is 0 Å². The number of piperazine rings is 1. The van der Waals surface area contributed by atoms with E-state index in [2.05, 4.69) is 22.3 Å². The minimum Gasteiger partial charge on any atom is -0.497 e. The summed E-state index contributed by atoms with van der Waals surface area (Å²) in [7, 11) is 1.67. The average molecular weight is 321 g/mol. The highest BCUT2D eigenvalue weighted by Gasteiger charge is 2.20. The van der Waals surface area contributed by atoms with Gasteiger partial charge < -0.3 is 24.6 Å². The summed E-state index contributed by atoms with van der Waals surface area (Å²) in [5.74, 6) is 0.860. The molecule has 1 heterocycles. The molecule has 1 aromatic rings. The van der Waals surface area contributed by atoms with Crippen LogP contribution in [0.2, 0.25) is 0 Å². The second-order valence-corrected chi connectivity index (χ2v) is 5.45. The summed E-state index contributed by atoms with van der Waals surface area (Å²) in [5, 5.41) is 2.95. The van der Waals surface area contributed by atoms with Gasteiger partial charge in [0.25, 0.3) is 0 Å². The standard InChI is InChI=1S/C17H27N3O3/c1-3-23-14-4-9-18-17(21)20-12-10-19(11-13-20)15-5-7-16(22-2)8-6-15/h5-8H,3-4,9-14H2,1-2H3,(H,18,21). The molecule has 1 N–H and O–H groups in total. The molecule has 6 nitrogen and oxygen atoms in total. The molecule has 1 aliphatic rings. The van der Waals surface area contributed by atoms with Gasteiger partial charge in [-0.3, -0.25) is 0 Å². The van der Waals surface area contributed by atoms with E-state index in [4.69, 9.17) is 9.47 Å². The van der Waals surface area contributed by atoms with Crippen molar-refractivity contribution >= 4 is 11.7 Å². The number of methoxy groups -OCH3 is 1. The predicted octanol–water partition coefficient (Wildman–Crippen LogP) is 1.95. The highest BCUT2D eigenvalue weighted by Crippen LogP contribution is 2.20. The van der Waals surface area contributed by atoms with Crippen molar-refractivity contribution in [2.75, 3.05) is 57.9 Å². The molecule has 0 aromatic heterocycles. The van der Waals surface area contributed by atoms with Gasteiger partial charge in [-0.05, 0) is 37.6 Å². The van der Waals surface area contributed by atoms with Crippen molar-refractivity contribution in [1.82, 2.24) is 10.2 Å². The fourth-order valence-electron chi connectivity index (χ4n) is 2.59. The molecule has 0 radical (unpaired) electrons. The number of ether oxygens (including phenoxy) is 2. The molecule has 2 amide bonds. The number of nitrogens with one attached hydrogen (secondary N) is 1. The van der Waals surface area contributed by atoms with Crippen LogP contribution >= 0.6 is 0 Å². The van der Waals surface area contributed by atoms with Gasteiger partial charge in [-0.15, -0.1) is 0 Å². The molecule has 2 rings (SSSR count). The third-order valence-electron chi connectivity index (χ3n) is 3.95.